The van der Waals surface area contributed by atoms with Crippen LogP contribution in [-0.4, -0.2) is 60.4 Å². The van der Waals surface area contributed by atoms with Crippen LogP contribution in [0.4, 0.5) is 0 Å². The maximum absolute atomic E-state index is 12.5. The molecule has 0 unspecified atom stereocenters. The average molecular weight is 407 g/mol. The topological polar surface area (TPSA) is 75.7 Å². The van der Waals surface area contributed by atoms with Crippen LogP contribution in [0.5, 0.6) is 0 Å². The highest BCUT2D eigenvalue weighted by Gasteiger charge is 2.26. The Kier molecular flexibility index (Phi) is 9.34. The Hall–Kier alpha value is -2.02. The Balaban J connectivity index is 1.88. The van der Waals surface area contributed by atoms with E-state index in [1.54, 1.807) is 48.0 Å². The molecule has 1 fully saturated rings. The zero-order valence-corrected chi connectivity index (χ0v) is 17.5. The Morgan fingerprint density at radius 1 is 1.18 bits per heavy atom. The molecule has 0 spiro atoms. The van der Waals surface area contributed by atoms with Crippen molar-refractivity contribution in [3.63, 3.8) is 0 Å². The predicted octanol–water partition coefficient (Wildman–Crippen LogP) is 2.87. The highest BCUT2D eigenvalue weighted by atomic mass is 32.2. The number of ether oxygens (including phenoxy) is 1. The highest BCUT2D eigenvalue weighted by molar-refractivity contribution is 7.98. The van der Waals surface area contributed by atoms with Crippen molar-refractivity contribution < 1.29 is 19.1 Å². The molecule has 1 N–H and O–H groups in total. The summed E-state index contributed by atoms with van der Waals surface area (Å²) in [7, 11) is 1.77. The summed E-state index contributed by atoms with van der Waals surface area (Å²) in [4.78, 5) is 39.0. The van der Waals surface area contributed by atoms with Crippen LogP contribution in [0.25, 0.3) is 0 Å². The van der Waals surface area contributed by atoms with Crippen molar-refractivity contribution in [3.8, 4) is 0 Å². The van der Waals surface area contributed by atoms with Crippen LogP contribution in [0.1, 0.15) is 48.9 Å². The van der Waals surface area contributed by atoms with E-state index in [0.717, 1.165) is 25.7 Å². The molecular weight excluding hydrogens is 376 g/mol. The number of nitrogens with one attached hydrogen (secondary N) is 1. The van der Waals surface area contributed by atoms with Gasteiger partial charge in [0.2, 0.25) is 0 Å². The molecule has 0 saturated heterocycles. The van der Waals surface area contributed by atoms with Crippen molar-refractivity contribution >= 4 is 29.5 Å². The molecular formula is C21H30N2O4S. The Bertz CT molecular complexity index is 647. The molecule has 2 amide bonds. The van der Waals surface area contributed by atoms with Crippen LogP contribution >= 0.6 is 11.8 Å². The number of rotatable bonds is 9. The summed E-state index contributed by atoms with van der Waals surface area (Å²) in [6.07, 6.45) is 7.86. The van der Waals surface area contributed by atoms with E-state index in [-0.39, 0.29) is 24.5 Å². The molecule has 1 saturated carbocycles. The average Bonchev–Trinajstić information content (AvgIpc) is 2.75. The maximum atomic E-state index is 12.5. The zero-order valence-electron chi connectivity index (χ0n) is 16.7. The van der Waals surface area contributed by atoms with Crippen LogP contribution in [0.3, 0.4) is 0 Å². The van der Waals surface area contributed by atoms with Crippen molar-refractivity contribution in [2.24, 2.45) is 0 Å². The number of carbonyl (C=O) groups is 3. The lowest BCUT2D eigenvalue weighted by Gasteiger charge is -2.31. The van der Waals surface area contributed by atoms with Crippen LogP contribution < -0.4 is 5.32 Å². The summed E-state index contributed by atoms with van der Waals surface area (Å²) in [5.41, 5.74) is 0.484. The predicted molar refractivity (Wildman–Crippen MR) is 111 cm³/mol. The lowest BCUT2D eigenvalue weighted by atomic mass is 9.94. The molecule has 2 rings (SSSR count). The molecule has 0 heterocycles. The van der Waals surface area contributed by atoms with Crippen LogP contribution in [0, 0.1) is 0 Å². The van der Waals surface area contributed by atoms with Gasteiger partial charge in [-0.15, -0.1) is 0 Å². The summed E-state index contributed by atoms with van der Waals surface area (Å²) in [6, 6.07) is 8.19. The first-order chi connectivity index (χ1) is 13.5. The molecule has 0 bridgehead atoms. The number of hydrogen-bond acceptors (Lipinski definition) is 5. The summed E-state index contributed by atoms with van der Waals surface area (Å²) in [5.74, 6) is -0.388. The number of hydrogen-bond donors (Lipinski definition) is 1. The molecule has 0 aliphatic heterocycles. The lowest BCUT2D eigenvalue weighted by molar-refractivity contribution is -0.154. The fourth-order valence-electron chi connectivity index (χ4n) is 3.32. The number of carbonyl (C=O) groups excluding carboxylic acids is 3. The van der Waals surface area contributed by atoms with Gasteiger partial charge in [0, 0.05) is 18.7 Å². The third kappa shape index (κ3) is 6.86. The summed E-state index contributed by atoms with van der Waals surface area (Å²) in [6.45, 7) is -0.289. The molecule has 6 nitrogen and oxygen atoms in total. The van der Waals surface area contributed by atoms with E-state index < -0.39 is 12.0 Å². The normalized spacial score (nSPS) is 15.5. The summed E-state index contributed by atoms with van der Waals surface area (Å²) in [5, 5.41) is 2.73. The monoisotopic (exact) mass is 406 g/mol. The second-order valence-electron chi connectivity index (χ2n) is 7.08. The fourth-order valence-corrected chi connectivity index (χ4v) is 3.79. The van der Waals surface area contributed by atoms with Gasteiger partial charge in [-0.3, -0.25) is 9.59 Å². The molecule has 1 aliphatic carbocycles. The highest BCUT2D eigenvalue weighted by Crippen LogP contribution is 2.21. The maximum Gasteiger partial charge on any atom is 0.329 e. The minimum Gasteiger partial charge on any atom is -0.454 e. The third-order valence-electron chi connectivity index (χ3n) is 5.09. The van der Waals surface area contributed by atoms with Crippen molar-refractivity contribution in [3.05, 3.63) is 35.9 Å². The number of benzene rings is 1. The van der Waals surface area contributed by atoms with Gasteiger partial charge in [-0.05, 0) is 43.4 Å². The molecule has 0 aromatic heterocycles. The van der Waals surface area contributed by atoms with Crippen molar-refractivity contribution in [1.82, 2.24) is 10.2 Å². The number of nitrogens with zero attached hydrogens (tertiary/aromatic N) is 1. The number of likely N-dealkylation sites (N-methyl/N-ethyl adjacent to an activating group) is 1. The van der Waals surface area contributed by atoms with E-state index in [0.29, 0.717) is 17.7 Å². The molecule has 1 aromatic carbocycles. The number of thioether (sulfide) groups is 1. The molecule has 1 aromatic rings. The van der Waals surface area contributed by atoms with Crippen LogP contribution in [0.2, 0.25) is 0 Å². The molecule has 0 radical (unpaired) electrons. The van der Waals surface area contributed by atoms with E-state index in [2.05, 4.69) is 5.32 Å². The second-order valence-corrected chi connectivity index (χ2v) is 8.06. The van der Waals surface area contributed by atoms with E-state index in [1.807, 2.05) is 12.3 Å². The standard InChI is InChI=1S/C21H30N2O4S/c1-23(17-11-7-4-8-12-17)19(24)15-27-21(26)18(13-14-28-2)22-20(25)16-9-5-3-6-10-16/h3,5-6,9-10,17-18H,4,7-8,11-15H2,1-2H3,(H,22,25)/t18-/m1/s1. The van der Waals surface area contributed by atoms with E-state index in [1.165, 1.54) is 6.42 Å². The van der Waals surface area contributed by atoms with Gasteiger partial charge in [-0.2, -0.15) is 11.8 Å². The summed E-state index contributed by atoms with van der Waals surface area (Å²) < 4.78 is 5.26. The smallest absolute Gasteiger partial charge is 0.329 e. The Labute approximate surface area is 171 Å². The first-order valence-electron chi connectivity index (χ1n) is 9.80. The number of amides is 2. The van der Waals surface area contributed by atoms with Gasteiger partial charge in [0.25, 0.3) is 11.8 Å². The Morgan fingerprint density at radius 3 is 2.50 bits per heavy atom. The molecule has 1 aliphatic rings. The SMILES string of the molecule is CSCC[C@@H](NC(=O)c1ccccc1)C(=O)OCC(=O)N(C)C1CCCCC1. The van der Waals surface area contributed by atoms with Gasteiger partial charge in [-0.25, -0.2) is 4.79 Å². The molecule has 154 valence electrons. The Morgan fingerprint density at radius 2 is 1.86 bits per heavy atom. The molecule has 28 heavy (non-hydrogen) atoms. The fraction of sp³-hybridized carbons (Fsp3) is 0.571. The van der Waals surface area contributed by atoms with Gasteiger partial charge in [0.1, 0.15) is 6.04 Å². The van der Waals surface area contributed by atoms with Crippen molar-refractivity contribution in [1.29, 1.82) is 0 Å². The molecule has 7 heteroatoms. The van der Waals surface area contributed by atoms with Crippen molar-refractivity contribution in [2.45, 2.75) is 50.6 Å². The van der Waals surface area contributed by atoms with Gasteiger partial charge in [0.15, 0.2) is 6.61 Å². The van der Waals surface area contributed by atoms with Crippen LogP contribution in [-0.2, 0) is 14.3 Å². The van der Waals surface area contributed by atoms with Crippen LogP contribution in [0.15, 0.2) is 30.3 Å². The largest absolute Gasteiger partial charge is 0.454 e. The van der Waals surface area contributed by atoms with Gasteiger partial charge in [0.05, 0.1) is 0 Å². The van der Waals surface area contributed by atoms with E-state index >= 15 is 0 Å². The zero-order chi connectivity index (χ0) is 20.4. The second kappa shape index (κ2) is 11.7. The minimum absolute atomic E-state index is 0.196. The van der Waals surface area contributed by atoms with Gasteiger partial charge in [-0.1, -0.05) is 37.5 Å². The van der Waals surface area contributed by atoms with Gasteiger partial charge < -0.3 is 15.0 Å². The van der Waals surface area contributed by atoms with E-state index in [4.69, 9.17) is 4.74 Å². The minimum atomic E-state index is -0.770. The van der Waals surface area contributed by atoms with Crippen molar-refractivity contribution in [2.75, 3.05) is 25.7 Å². The summed E-state index contributed by atoms with van der Waals surface area (Å²) >= 11 is 1.58. The lowest BCUT2D eigenvalue weighted by Crippen LogP contribution is -2.44. The van der Waals surface area contributed by atoms with Gasteiger partial charge >= 0.3 is 5.97 Å². The molecule has 1 atom stereocenters. The first kappa shape index (κ1) is 22.3. The van der Waals surface area contributed by atoms with E-state index in [9.17, 15) is 14.4 Å². The quantitative estimate of drug-likeness (QED) is 0.638. The number of esters is 1. The third-order valence-corrected chi connectivity index (χ3v) is 5.73. The first-order valence-corrected chi connectivity index (χ1v) is 11.2.